The summed E-state index contributed by atoms with van der Waals surface area (Å²) >= 11 is 3.65. The topological polar surface area (TPSA) is 34.9 Å². The molecule has 22 heavy (non-hydrogen) atoms. The molecule has 1 aromatic heterocycles. The first-order chi connectivity index (χ1) is 10.7. The number of aromatic nitrogens is 2. The number of benzene rings is 2. The van der Waals surface area contributed by atoms with Gasteiger partial charge < -0.3 is 0 Å². The number of rotatable bonds is 4. The van der Waals surface area contributed by atoms with Crippen LogP contribution in [0.3, 0.4) is 0 Å². The third-order valence-corrected chi connectivity index (χ3v) is 4.77. The van der Waals surface area contributed by atoms with Gasteiger partial charge in [0.1, 0.15) is 5.82 Å². The molecule has 0 fully saturated rings. The lowest BCUT2D eigenvalue weighted by Crippen LogP contribution is -2.26. The molecule has 3 rings (SSSR count). The lowest BCUT2D eigenvalue weighted by atomic mass is 10.2. The number of alkyl halides is 1. The van der Waals surface area contributed by atoms with Crippen molar-refractivity contribution in [3.05, 3.63) is 76.3 Å². The van der Waals surface area contributed by atoms with Crippen LogP contribution in [0.25, 0.3) is 10.9 Å². The summed E-state index contributed by atoms with van der Waals surface area (Å²) in [5.41, 5.74) is 1.87. The molecule has 0 amide bonds. The van der Waals surface area contributed by atoms with Gasteiger partial charge in [-0.1, -0.05) is 65.3 Å². The largest absolute Gasteiger partial charge is 0.291 e. The number of hydrogen-bond acceptors (Lipinski definition) is 2. The molecule has 0 spiro atoms. The van der Waals surface area contributed by atoms with E-state index in [9.17, 15) is 4.79 Å². The summed E-state index contributed by atoms with van der Waals surface area (Å²) in [7, 11) is 0. The first kappa shape index (κ1) is 15.0. The van der Waals surface area contributed by atoms with Crippen LogP contribution < -0.4 is 5.56 Å². The van der Waals surface area contributed by atoms with Gasteiger partial charge in [0.25, 0.3) is 5.56 Å². The zero-order chi connectivity index (χ0) is 15.5. The quantitative estimate of drug-likeness (QED) is 0.653. The molecule has 0 aliphatic carbocycles. The molecule has 0 radical (unpaired) electrons. The second kappa shape index (κ2) is 6.44. The highest BCUT2D eigenvalue weighted by molar-refractivity contribution is 9.09. The molecule has 0 saturated heterocycles. The summed E-state index contributed by atoms with van der Waals surface area (Å²) in [6.45, 7) is 2.61. The van der Waals surface area contributed by atoms with Gasteiger partial charge in [-0.3, -0.25) is 9.36 Å². The molecule has 2 aromatic carbocycles. The molecule has 112 valence electrons. The molecular formula is C18H17BrN2O. The van der Waals surface area contributed by atoms with Crippen LogP contribution in [0.2, 0.25) is 0 Å². The second-order valence-corrected chi connectivity index (χ2v) is 6.35. The number of halogens is 1. The summed E-state index contributed by atoms with van der Waals surface area (Å²) in [4.78, 5) is 17.7. The molecule has 3 aromatic rings. The fraction of sp³-hybridized carbons (Fsp3) is 0.222. The van der Waals surface area contributed by atoms with Crippen molar-refractivity contribution in [2.24, 2.45) is 0 Å². The minimum absolute atomic E-state index is 0.0161. The summed E-state index contributed by atoms with van der Waals surface area (Å²) in [6.07, 6.45) is 0.875. The third-order valence-electron chi connectivity index (χ3n) is 3.71. The van der Waals surface area contributed by atoms with E-state index < -0.39 is 0 Å². The van der Waals surface area contributed by atoms with Gasteiger partial charge in [-0.15, -0.1) is 0 Å². The molecule has 0 bridgehead atoms. The van der Waals surface area contributed by atoms with E-state index in [0.29, 0.717) is 11.9 Å². The zero-order valence-corrected chi connectivity index (χ0v) is 14.0. The van der Waals surface area contributed by atoms with Crippen molar-refractivity contribution in [3.8, 4) is 0 Å². The number of nitrogens with zero attached hydrogens (tertiary/aromatic N) is 2. The molecule has 3 nitrogen and oxygen atoms in total. The van der Waals surface area contributed by atoms with Gasteiger partial charge in [0, 0.05) is 0 Å². The Morgan fingerprint density at radius 1 is 1.09 bits per heavy atom. The summed E-state index contributed by atoms with van der Waals surface area (Å²) < 4.78 is 1.78. The molecule has 0 saturated carbocycles. The van der Waals surface area contributed by atoms with E-state index in [-0.39, 0.29) is 10.4 Å². The van der Waals surface area contributed by atoms with Crippen molar-refractivity contribution in [1.82, 2.24) is 9.55 Å². The van der Waals surface area contributed by atoms with Gasteiger partial charge >= 0.3 is 0 Å². The van der Waals surface area contributed by atoms with Crippen LogP contribution in [-0.4, -0.2) is 9.55 Å². The predicted octanol–water partition coefficient (Wildman–Crippen LogP) is 4.29. The Labute approximate surface area is 137 Å². The van der Waals surface area contributed by atoms with Crippen molar-refractivity contribution < 1.29 is 0 Å². The number of para-hydroxylation sites is 1. The monoisotopic (exact) mass is 356 g/mol. The molecule has 1 atom stereocenters. The van der Waals surface area contributed by atoms with E-state index in [4.69, 9.17) is 4.98 Å². The van der Waals surface area contributed by atoms with Crippen molar-refractivity contribution in [2.75, 3.05) is 0 Å². The van der Waals surface area contributed by atoms with Crippen molar-refractivity contribution in [3.63, 3.8) is 0 Å². The van der Waals surface area contributed by atoms with Gasteiger partial charge in [-0.05, 0) is 24.1 Å². The van der Waals surface area contributed by atoms with Crippen LogP contribution in [0.5, 0.6) is 0 Å². The standard InChI is InChI=1S/C18H17BrN2O/c1-2-15(19)17-20-16-11-7-6-10-14(16)18(22)21(17)12-13-8-4-3-5-9-13/h3-11,15H,2,12H2,1H3/t15-/m1/s1. The van der Waals surface area contributed by atoms with Crippen LogP contribution in [-0.2, 0) is 6.54 Å². The lowest BCUT2D eigenvalue weighted by molar-refractivity contribution is 0.662. The smallest absolute Gasteiger partial charge is 0.261 e. The highest BCUT2D eigenvalue weighted by Crippen LogP contribution is 2.25. The van der Waals surface area contributed by atoms with E-state index in [2.05, 4.69) is 22.9 Å². The van der Waals surface area contributed by atoms with Crippen LogP contribution in [0.15, 0.2) is 59.4 Å². The van der Waals surface area contributed by atoms with E-state index >= 15 is 0 Å². The fourth-order valence-electron chi connectivity index (χ4n) is 2.53. The van der Waals surface area contributed by atoms with Crippen LogP contribution >= 0.6 is 15.9 Å². The Morgan fingerprint density at radius 2 is 1.77 bits per heavy atom. The minimum Gasteiger partial charge on any atom is -0.291 e. The lowest BCUT2D eigenvalue weighted by Gasteiger charge is -2.16. The van der Waals surface area contributed by atoms with E-state index in [0.717, 1.165) is 23.3 Å². The maximum Gasteiger partial charge on any atom is 0.261 e. The summed E-state index contributed by atoms with van der Waals surface area (Å²) in [6, 6.07) is 17.5. The Morgan fingerprint density at radius 3 is 2.50 bits per heavy atom. The maximum atomic E-state index is 12.9. The van der Waals surface area contributed by atoms with Crippen LogP contribution in [0, 0.1) is 0 Å². The van der Waals surface area contributed by atoms with Gasteiger partial charge in [0.05, 0.1) is 22.3 Å². The van der Waals surface area contributed by atoms with Gasteiger partial charge in [0.2, 0.25) is 0 Å². The molecule has 0 N–H and O–H groups in total. The highest BCUT2D eigenvalue weighted by atomic mass is 79.9. The summed E-state index contributed by atoms with van der Waals surface area (Å²) in [5.74, 6) is 0.787. The average molecular weight is 357 g/mol. The van der Waals surface area contributed by atoms with Gasteiger partial charge in [-0.2, -0.15) is 0 Å². The molecule has 0 aliphatic rings. The first-order valence-electron chi connectivity index (χ1n) is 7.38. The maximum absolute atomic E-state index is 12.9. The van der Waals surface area contributed by atoms with E-state index in [1.54, 1.807) is 4.57 Å². The van der Waals surface area contributed by atoms with E-state index in [1.807, 2.05) is 54.6 Å². The molecule has 0 aliphatic heterocycles. The van der Waals surface area contributed by atoms with E-state index in [1.165, 1.54) is 0 Å². The Kier molecular flexibility index (Phi) is 4.39. The highest BCUT2D eigenvalue weighted by Gasteiger charge is 2.16. The van der Waals surface area contributed by atoms with Crippen LogP contribution in [0.4, 0.5) is 0 Å². The minimum atomic E-state index is 0.0161. The Balaban J connectivity index is 2.21. The van der Waals surface area contributed by atoms with Crippen LogP contribution in [0.1, 0.15) is 29.6 Å². The predicted molar refractivity (Wildman–Crippen MR) is 93.5 cm³/mol. The van der Waals surface area contributed by atoms with Crippen molar-refractivity contribution in [2.45, 2.75) is 24.7 Å². The SMILES string of the molecule is CC[C@@H](Br)c1nc2ccccc2c(=O)n1Cc1ccccc1. The molecule has 0 unspecified atom stereocenters. The molecular weight excluding hydrogens is 340 g/mol. The Bertz CT molecular complexity index is 843. The van der Waals surface area contributed by atoms with Crippen molar-refractivity contribution >= 4 is 26.8 Å². The number of fused-ring (bicyclic) bond motifs is 1. The fourth-order valence-corrected chi connectivity index (χ4v) is 2.88. The average Bonchev–Trinajstić information content (AvgIpc) is 2.57. The zero-order valence-electron chi connectivity index (χ0n) is 12.4. The normalized spacial score (nSPS) is 12.5. The molecule has 1 heterocycles. The van der Waals surface area contributed by atoms with Gasteiger partial charge in [0.15, 0.2) is 0 Å². The first-order valence-corrected chi connectivity index (χ1v) is 8.29. The molecule has 4 heteroatoms. The van der Waals surface area contributed by atoms with Gasteiger partial charge in [-0.25, -0.2) is 4.98 Å². The van der Waals surface area contributed by atoms with Crippen molar-refractivity contribution in [1.29, 1.82) is 0 Å². The second-order valence-electron chi connectivity index (χ2n) is 5.24. The Hall–Kier alpha value is -1.94. The third kappa shape index (κ3) is 2.83. The summed E-state index contributed by atoms with van der Waals surface area (Å²) in [5, 5.41) is 0.665. The number of hydrogen-bond donors (Lipinski definition) is 0.